The molecule has 2 fully saturated rings. The molecule has 1 aliphatic heterocycles. The van der Waals surface area contributed by atoms with E-state index >= 15 is 0 Å². The van der Waals surface area contributed by atoms with E-state index in [1.807, 2.05) is 11.8 Å². The molecule has 4 unspecified atom stereocenters. The maximum Gasteiger partial charge on any atom is 0.0175 e. The van der Waals surface area contributed by atoms with Gasteiger partial charge in [0.05, 0.1) is 0 Å². The van der Waals surface area contributed by atoms with Crippen molar-refractivity contribution in [2.75, 3.05) is 12.3 Å². The van der Waals surface area contributed by atoms with Crippen LogP contribution in [0.3, 0.4) is 0 Å². The summed E-state index contributed by atoms with van der Waals surface area (Å²) in [5, 5.41) is 4.01. The maximum absolute atomic E-state index is 4.01. The molecule has 1 heterocycles. The fourth-order valence-electron chi connectivity index (χ4n) is 5.47. The summed E-state index contributed by atoms with van der Waals surface area (Å²) < 4.78 is 0. The lowest BCUT2D eigenvalue weighted by molar-refractivity contribution is 0.108. The lowest BCUT2D eigenvalue weighted by Crippen LogP contribution is -2.51. The average Bonchev–Trinajstić information content (AvgIpc) is 3.08. The first kappa shape index (κ1) is 14.1. The first-order valence-electron chi connectivity index (χ1n) is 8.46. The number of hydrogen-bond donors (Lipinski definition) is 1. The summed E-state index contributed by atoms with van der Waals surface area (Å²) in [5.41, 5.74) is 2.58. The number of thioether (sulfide) groups is 1. The highest BCUT2D eigenvalue weighted by atomic mass is 32.2. The van der Waals surface area contributed by atoms with Gasteiger partial charge in [-0.25, -0.2) is 0 Å². The molecule has 0 radical (unpaired) electrons. The van der Waals surface area contributed by atoms with Crippen LogP contribution in [0.2, 0.25) is 0 Å². The number of rotatable bonds is 3. The Labute approximate surface area is 133 Å². The van der Waals surface area contributed by atoms with Crippen molar-refractivity contribution in [3.05, 3.63) is 29.8 Å². The predicted octanol–water partition coefficient (Wildman–Crippen LogP) is 4.68. The second-order valence-corrected chi connectivity index (χ2v) is 9.36. The van der Waals surface area contributed by atoms with Crippen LogP contribution in [0.1, 0.15) is 51.5 Å². The molecule has 0 spiro atoms. The highest BCUT2D eigenvalue weighted by molar-refractivity contribution is 7.99. The van der Waals surface area contributed by atoms with E-state index in [1.165, 1.54) is 29.9 Å². The van der Waals surface area contributed by atoms with Gasteiger partial charge in [0.1, 0.15) is 0 Å². The molecule has 114 valence electrons. The van der Waals surface area contributed by atoms with Gasteiger partial charge in [-0.1, -0.05) is 39.0 Å². The van der Waals surface area contributed by atoms with Crippen LogP contribution >= 0.6 is 11.8 Å². The van der Waals surface area contributed by atoms with Crippen LogP contribution in [0.25, 0.3) is 0 Å². The highest BCUT2D eigenvalue weighted by Gasteiger charge is 2.59. The van der Waals surface area contributed by atoms with Crippen LogP contribution in [-0.4, -0.2) is 18.3 Å². The van der Waals surface area contributed by atoms with Gasteiger partial charge < -0.3 is 5.32 Å². The number of benzene rings is 1. The molecule has 0 saturated heterocycles. The van der Waals surface area contributed by atoms with Crippen LogP contribution in [0.5, 0.6) is 0 Å². The SMILES string of the molecule is CC12CCC(C1)C(C)(C)C2NCC1CSc2ccccc21. The Balaban J connectivity index is 1.48. The van der Waals surface area contributed by atoms with Crippen molar-refractivity contribution in [2.24, 2.45) is 16.7 Å². The molecule has 4 atom stereocenters. The molecule has 2 aliphatic carbocycles. The Morgan fingerprint density at radius 3 is 2.81 bits per heavy atom. The molecular formula is C19H27NS. The quantitative estimate of drug-likeness (QED) is 0.870. The van der Waals surface area contributed by atoms with Crippen LogP contribution in [0, 0.1) is 16.7 Å². The monoisotopic (exact) mass is 301 g/mol. The van der Waals surface area contributed by atoms with Crippen LogP contribution < -0.4 is 5.32 Å². The van der Waals surface area contributed by atoms with E-state index in [4.69, 9.17) is 0 Å². The zero-order chi connectivity index (χ0) is 14.7. The van der Waals surface area contributed by atoms with Gasteiger partial charge in [-0.15, -0.1) is 11.8 Å². The van der Waals surface area contributed by atoms with E-state index in [1.54, 1.807) is 5.56 Å². The third-order valence-electron chi connectivity index (χ3n) is 6.64. The normalized spacial score (nSPS) is 39.7. The Hall–Kier alpha value is -0.470. The lowest BCUT2D eigenvalue weighted by atomic mass is 9.68. The molecule has 3 aliphatic rings. The molecule has 2 bridgehead atoms. The van der Waals surface area contributed by atoms with E-state index in [9.17, 15) is 0 Å². The summed E-state index contributed by atoms with van der Waals surface area (Å²) in [6, 6.07) is 9.67. The predicted molar refractivity (Wildman–Crippen MR) is 90.9 cm³/mol. The molecule has 2 heteroatoms. The van der Waals surface area contributed by atoms with Crippen LogP contribution in [0.4, 0.5) is 0 Å². The van der Waals surface area contributed by atoms with Crippen molar-refractivity contribution >= 4 is 11.8 Å². The zero-order valence-corrected chi connectivity index (χ0v) is 14.3. The molecule has 1 aromatic carbocycles. The van der Waals surface area contributed by atoms with Crippen molar-refractivity contribution in [3.63, 3.8) is 0 Å². The van der Waals surface area contributed by atoms with E-state index in [2.05, 4.69) is 50.4 Å². The Morgan fingerprint density at radius 2 is 2.05 bits per heavy atom. The van der Waals surface area contributed by atoms with Crippen molar-refractivity contribution in [2.45, 2.75) is 56.9 Å². The Morgan fingerprint density at radius 1 is 1.24 bits per heavy atom. The minimum absolute atomic E-state index is 0.471. The molecule has 1 N–H and O–H groups in total. The van der Waals surface area contributed by atoms with E-state index in [0.717, 1.165) is 12.5 Å². The second-order valence-electron chi connectivity index (χ2n) is 8.30. The van der Waals surface area contributed by atoms with Crippen LogP contribution in [0.15, 0.2) is 29.2 Å². The fraction of sp³-hybridized carbons (Fsp3) is 0.684. The van der Waals surface area contributed by atoms with Crippen molar-refractivity contribution in [1.29, 1.82) is 0 Å². The summed E-state index contributed by atoms with van der Waals surface area (Å²) in [6.07, 6.45) is 4.31. The standard InChI is InChI=1S/C19H27NS/c1-18(2)14-8-9-19(3,10-14)17(18)20-11-13-12-21-16-7-5-4-6-15(13)16/h4-7,13-14,17,20H,8-12H2,1-3H3. The van der Waals surface area contributed by atoms with Crippen molar-refractivity contribution in [3.8, 4) is 0 Å². The summed E-state index contributed by atoms with van der Waals surface area (Å²) in [6.45, 7) is 8.67. The lowest BCUT2D eigenvalue weighted by Gasteiger charge is -2.43. The molecule has 0 aromatic heterocycles. The fourth-order valence-corrected chi connectivity index (χ4v) is 6.72. The molecule has 4 rings (SSSR count). The minimum atomic E-state index is 0.471. The molecule has 0 amide bonds. The minimum Gasteiger partial charge on any atom is -0.312 e. The largest absolute Gasteiger partial charge is 0.312 e. The van der Waals surface area contributed by atoms with Gasteiger partial charge in [0.15, 0.2) is 0 Å². The summed E-state index contributed by atoms with van der Waals surface area (Å²) in [5.74, 6) is 2.88. The summed E-state index contributed by atoms with van der Waals surface area (Å²) in [7, 11) is 0. The molecule has 1 aromatic rings. The molecular weight excluding hydrogens is 274 g/mol. The smallest absolute Gasteiger partial charge is 0.0175 e. The Kier molecular flexibility index (Phi) is 3.21. The van der Waals surface area contributed by atoms with Gasteiger partial charge in [-0.05, 0) is 47.6 Å². The molecule has 21 heavy (non-hydrogen) atoms. The average molecular weight is 301 g/mol. The number of fused-ring (bicyclic) bond motifs is 3. The van der Waals surface area contributed by atoms with E-state index in [0.29, 0.717) is 22.8 Å². The number of nitrogens with one attached hydrogen (secondary N) is 1. The van der Waals surface area contributed by atoms with Gasteiger partial charge in [-0.3, -0.25) is 0 Å². The van der Waals surface area contributed by atoms with Gasteiger partial charge in [0.25, 0.3) is 0 Å². The van der Waals surface area contributed by atoms with Crippen LogP contribution in [-0.2, 0) is 0 Å². The summed E-state index contributed by atoms with van der Waals surface area (Å²) in [4.78, 5) is 1.50. The van der Waals surface area contributed by atoms with Gasteiger partial charge in [0, 0.05) is 29.2 Å². The molecule has 1 nitrogen and oxygen atoms in total. The molecule has 2 saturated carbocycles. The zero-order valence-electron chi connectivity index (χ0n) is 13.5. The summed E-state index contributed by atoms with van der Waals surface area (Å²) >= 11 is 2.03. The third-order valence-corrected chi connectivity index (χ3v) is 7.89. The highest BCUT2D eigenvalue weighted by Crippen LogP contribution is 2.62. The van der Waals surface area contributed by atoms with Crippen molar-refractivity contribution in [1.82, 2.24) is 5.32 Å². The Bertz CT molecular complexity index is 547. The maximum atomic E-state index is 4.01. The van der Waals surface area contributed by atoms with E-state index < -0.39 is 0 Å². The van der Waals surface area contributed by atoms with Crippen molar-refractivity contribution < 1.29 is 0 Å². The van der Waals surface area contributed by atoms with E-state index in [-0.39, 0.29) is 0 Å². The first-order chi connectivity index (χ1) is 10.0. The van der Waals surface area contributed by atoms with Gasteiger partial charge in [-0.2, -0.15) is 0 Å². The second kappa shape index (κ2) is 4.76. The van der Waals surface area contributed by atoms with Gasteiger partial charge >= 0.3 is 0 Å². The number of hydrogen-bond acceptors (Lipinski definition) is 2. The first-order valence-corrected chi connectivity index (χ1v) is 9.44. The third kappa shape index (κ3) is 2.09. The topological polar surface area (TPSA) is 12.0 Å². The van der Waals surface area contributed by atoms with Gasteiger partial charge in [0.2, 0.25) is 0 Å².